The molecule has 6 nitrogen and oxygen atoms in total. The van der Waals surface area contributed by atoms with E-state index in [1.165, 1.54) is 11.3 Å². The van der Waals surface area contributed by atoms with Crippen LogP contribution >= 0.6 is 11.3 Å². The number of nitrogens with zero attached hydrogens (tertiary/aromatic N) is 3. The lowest BCUT2D eigenvalue weighted by Gasteiger charge is -2.19. The van der Waals surface area contributed by atoms with E-state index in [1.54, 1.807) is 0 Å². The van der Waals surface area contributed by atoms with Crippen molar-refractivity contribution in [2.24, 2.45) is 0 Å². The topological polar surface area (TPSA) is 67.2 Å². The van der Waals surface area contributed by atoms with Gasteiger partial charge in [0, 0.05) is 18.5 Å². The van der Waals surface area contributed by atoms with E-state index in [4.69, 9.17) is 0 Å². The lowest BCUT2D eigenvalue weighted by Crippen LogP contribution is -2.29. The second-order valence-electron chi connectivity index (χ2n) is 8.51. The van der Waals surface area contributed by atoms with Gasteiger partial charge in [0.05, 0.1) is 28.4 Å². The summed E-state index contributed by atoms with van der Waals surface area (Å²) in [5, 5.41) is 8.66. The van der Waals surface area contributed by atoms with Crippen LogP contribution in [0.2, 0.25) is 0 Å². The van der Waals surface area contributed by atoms with Crippen LogP contribution < -0.4 is 5.32 Å². The number of nitrogens with one attached hydrogen (secondary N) is 1. The van der Waals surface area contributed by atoms with Crippen LogP contribution in [-0.4, -0.2) is 39.6 Å². The summed E-state index contributed by atoms with van der Waals surface area (Å²) in [6.07, 6.45) is 2.06. The molecule has 4 aromatic rings. The van der Waals surface area contributed by atoms with Gasteiger partial charge in [-0.15, -0.1) is 11.3 Å². The van der Waals surface area contributed by atoms with Crippen molar-refractivity contribution < 1.29 is 9.59 Å². The first kappa shape index (κ1) is 21.4. The lowest BCUT2D eigenvalue weighted by atomic mass is 10.0. The summed E-state index contributed by atoms with van der Waals surface area (Å²) in [4.78, 5) is 29.8. The maximum atomic E-state index is 13.2. The van der Waals surface area contributed by atoms with Crippen LogP contribution in [0.4, 0.5) is 5.69 Å². The quantitative estimate of drug-likeness (QED) is 0.444. The highest BCUT2D eigenvalue weighted by molar-refractivity contribution is 7.20. The van der Waals surface area contributed by atoms with Gasteiger partial charge in [0.1, 0.15) is 4.83 Å². The number of thiophene rings is 1. The first-order valence-electron chi connectivity index (χ1n) is 11.2. The minimum absolute atomic E-state index is 0.00779. The van der Waals surface area contributed by atoms with Gasteiger partial charge < -0.3 is 10.2 Å². The van der Waals surface area contributed by atoms with Crippen LogP contribution in [-0.2, 0) is 6.54 Å². The second kappa shape index (κ2) is 8.83. The van der Waals surface area contributed by atoms with Crippen LogP contribution in [0.25, 0.3) is 10.2 Å². The molecular weight excluding hydrogens is 432 g/mol. The zero-order valence-corrected chi connectivity index (χ0v) is 19.6. The Morgan fingerprint density at radius 3 is 2.55 bits per heavy atom. The molecule has 1 saturated heterocycles. The Morgan fingerprint density at radius 2 is 1.79 bits per heavy atom. The van der Waals surface area contributed by atoms with Crippen LogP contribution in [0, 0.1) is 13.8 Å². The Bertz CT molecular complexity index is 1330. The standard InChI is InChI=1S/C26H26N4O2S/c1-17-9-8-12-21(23(17)25(32)29-13-6-7-14-29)27-24(31)22-15-20-18(2)28-30(26(20)33-22)16-19-10-4-3-5-11-19/h3-5,8-12,15H,6-7,13-14,16H2,1-2H3,(H,27,31). The number of carbonyl (C=O) groups is 2. The molecule has 33 heavy (non-hydrogen) atoms. The highest BCUT2D eigenvalue weighted by Gasteiger charge is 2.25. The van der Waals surface area contributed by atoms with Crippen molar-refractivity contribution in [1.82, 2.24) is 14.7 Å². The van der Waals surface area contributed by atoms with Gasteiger partial charge >= 0.3 is 0 Å². The number of anilines is 1. The van der Waals surface area contributed by atoms with E-state index in [0.717, 1.165) is 53.0 Å². The molecule has 1 aliphatic rings. The molecule has 0 unspecified atom stereocenters. The highest BCUT2D eigenvalue weighted by atomic mass is 32.1. The number of likely N-dealkylation sites (tertiary alicyclic amines) is 1. The minimum Gasteiger partial charge on any atom is -0.339 e. The van der Waals surface area contributed by atoms with E-state index in [1.807, 2.05) is 65.9 Å². The van der Waals surface area contributed by atoms with Gasteiger partial charge in [-0.05, 0) is 49.9 Å². The number of benzene rings is 2. The Labute approximate surface area is 196 Å². The zero-order valence-electron chi connectivity index (χ0n) is 18.8. The molecule has 2 aromatic heterocycles. The predicted molar refractivity (Wildman–Crippen MR) is 132 cm³/mol. The van der Waals surface area contributed by atoms with Crippen LogP contribution in [0.1, 0.15) is 49.7 Å². The second-order valence-corrected chi connectivity index (χ2v) is 9.54. The Kier molecular flexibility index (Phi) is 5.72. The molecule has 1 fully saturated rings. The van der Waals surface area contributed by atoms with Gasteiger partial charge in [-0.25, -0.2) is 0 Å². The van der Waals surface area contributed by atoms with Crippen molar-refractivity contribution in [3.8, 4) is 0 Å². The van der Waals surface area contributed by atoms with E-state index >= 15 is 0 Å². The van der Waals surface area contributed by atoms with Crippen LogP contribution in [0.3, 0.4) is 0 Å². The third kappa shape index (κ3) is 4.16. The van der Waals surface area contributed by atoms with Crippen molar-refractivity contribution in [3.63, 3.8) is 0 Å². The van der Waals surface area contributed by atoms with Gasteiger partial charge in [-0.3, -0.25) is 14.3 Å². The third-order valence-corrected chi connectivity index (χ3v) is 7.28. The minimum atomic E-state index is -0.206. The molecule has 1 aliphatic heterocycles. The normalized spacial score (nSPS) is 13.6. The molecule has 168 valence electrons. The largest absolute Gasteiger partial charge is 0.339 e. The molecule has 0 bridgehead atoms. The Balaban J connectivity index is 1.43. The molecule has 0 atom stereocenters. The van der Waals surface area contributed by atoms with Crippen LogP contribution in [0.5, 0.6) is 0 Å². The number of hydrogen-bond acceptors (Lipinski definition) is 4. The van der Waals surface area contributed by atoms with Crippen molar-refractivity contribution in [3.05, 3.63) is 81.9 Å². The van der Waals surface area contributed by atoms with Crippen molar-refractivity contribution in [1.29, 1.82) is 0 Å². The van der Waals surface area contributed by atoms with Gasteiger partial charge in [-0.1, -0.05) is 42.5 Å². The molecule has 0 radical (unpaired) electrons. The van der Waals surface area contributed by atoms with E-state index in [0.29, 0.717) is 22.7 Å². The number of amides is 2. The molecule has 3 heterocycles. The molecule has 1 N–H and O–H groups in total. The number of rotatable bonds is 5. The zero-order chi connectivity index (χ0) is 22.9. The molecule has 0 saturated carbocycles. The summed E-state index contributed by atoms with van der Waals surface area (Å²) in [5.41, 5.74) is 4.08. The van der Waals surface area contributed by atoms with Crippen LogP contribution in [0.15, 0.2) is 54.6 Å². The number of hydrogen-bond donors (Lipinski definition) is 1. The first-order chi connectivity index (χ1) is 16.0. The molecule has 0 aliphatic carbocycles. The summed E-state index contributed by atoms with van der Waals surface area (Å²) >= 11 is 1.43. The number of fused-ring (bicyclic) bond motifs is 1. The SMILES string of the molecule is Cc1cccc(NC(=O)c2cc3c(C)nn(Cc4ccccc4)c3s2)c1C(=O)N1CCCC1. The lowest BCUT2D eigenvalue weighted by molar-refractivity contribution is 0.0793. The number of aromatic nitrogens is 2. The fourth-order valence-electron chi connectivity index (χ4n) is 4.41. The van der Waals surface area contributed by atoms with Crippen molar-refractivity contribution in [2.75, 3.05) is 18.4 Å². The van der Waals surface area contributed by atoms with Gasteiger partial charge in [0.2, 0.25) is 0 Å². The maximum Gasteiger partial charge on any atom is 0.265 e. The highest BCUT2D eigenvalue weighted by Crippen LogP contribution is 2.30. The summed E-state index contributed by atoms with van der Waals surface area (Å²) < 4.78 is 1.95. The Morgan fingerprint density at radius 1 is 1.03 bits per heavy atom. The summed E-state index contributed by atoms with van der Waals surface area (Å²) in [7, 11) is 0. The molecule has 5 rings (SSSR count). The average Bonchev–Trinajstić information content (AvgIpc) is 3.54. The van der Waals surface area contributed by atoms with Gasteiger partial charge in [0.15, 0.2) is 0 Å². The summed E-state index contributed by atoms with van der Waals surface area (Å²) in [6, 6.07) is 17.7. The Hall–Kier alpha value is -3.45. The first-order valence-corrected chi connectivity index (χ1v) is 12.0. The average molecular weight is 459 g/mol. The van der Waals surface area contributed by atoms with Gasteiger partial charge in [-0.2, -0.15) is 5.10 Å². The smallest absolute Gasteiger partial charge is 0.265 e. The fourth-order valence-corrected chi connectivity index (χ4v) is 5.46. The monoisotopic (exact) mass is 458 g/mol. The summed E-state index contributed by atoms with van der Waals surface area (Å²) in [6.45, 7) is 6.08. The van der Waals surface area contributed by atoms with Crippen molar-refractivity contribution in [2.45, 2.75) is 33.2 Å². The van der Waals surface area contributed by atoms with E-state index in [9.17, 15) is 9.59 Å². The molecule has 0 spiro atoms. The molecule has 7 heteroatoms. The molecular formula is C26H26N4O2S. The predicted octanol–water partition coefficient (Wildman–Crippen LogP) is 5.25. The van der Waals surface area contributed by atoms with E-state index in [2.05, 4.69) is 22.5 Å². The number of aryl methyl sites for hydroxylation is 2. The van der Waals surface area contributed by atoms with E-state index in [-0.39, 0.29) is 11.8 Å². The summed E-state index contributed by atoms with van der Waals surface area (Å²) in [5.74, 6) is -0.213. The number of carbonyl (C=O) groups excluding carboxylic acids is 2. The molecule has 2 aromatic carbocycles. The fraction of sp³-hybridized carbons (Fsp3) is 0.269. The van der Waals surface area contributed by atoms with Gasteiger partial charge in [0.25, 0.3) is 11.8 Å². The maximum absolute atomic E-state index is 13.2. The van der Waals surface area contributed by atoms with Crippen molar-refractivity contribution >= 4 is 39.1 Å². The van der Waals surface area contributed by atoms with E-state index < -0.39 is 0 Å². The molecule has 2 amide bonds. The third-order valence-electron chi connectivity index (χ3n) is 6.13.